The Morgan fingerprint density at radius 2 is 1.68 bits per heavy atom. The molecule has 0 unspecified atom stereocenters. The van der Waals surface area contributed by atoms with Crippen LogP contribution in [0, 0.1) is 0 Å². The minimum atomic E-state index is -3.60. The highest BCUT2D eigenvalue weighted by Gasteiger charge is 2.37. The molecule has 0 aliphatic heterocycles. The summed E-state index contributed by atoms with van der Waals surface area (Å²) in [5.74, 6) is 1.01. The van der Waals surface area contributed by atoms with Crippen molar-refractivity contribution in [2.24, 2.45) is 0 Å². The molecule has 2 rings (SSSR count). The zero-order chi connectivity index (χ0) is 18.5. The monoisotopic (exact) mass is 370 g/mol. The fourth-order valence-electron chi connectivity index (χ4n) is 3.33. The van der Waals surface area contributed by atoms with Gasteiger partial charge in [-0.05, 0) is 52.9 Å². The molecule has 0 spiro atoms. The molecule has 25 heavy (non-hydrogen) atoms. The van der Waals surface area contributed by atoms with Crippen LogP contribution < -0.4 is 14.2 Å². The second-order valence-corrected chi connectivity index (χ2v) is 8.39. The minimum absolute atomic E-state index is 0.0961. The fraction of sp³-hybridized carbons (Fsp3) is 0.667. The van der Waals surface area contributed by atoms with E-state index in [0.717, 1.165) is 25.7 Å². The van der Waals surface area contributed by atoms with Crippen LogP contribution in [0.5, 0.6) is 11.5 Å². The highest BCUT2D eigenvalue weighted by Crippen LogP contribution is 2.34. The van der Waals surface area contributed by atoms with Crippen LogP contribution >= 0.6 is 0 Å². The van der Waals surface area contributed by atoms with Crippen molar-refractivity contribution in [1.82, 2.24) is 9.62 Å². The lowest BCUT2D eigenvalue weighted by atomic mass is 9.97. The highest BCUT2D eigenvalue weighted by molar-refractivity contribution is 7.89. The van der Waals surface area contributed by atoms with E-state index in [1.807, 2.05) is 27.9 Å². The summed E-state index contributed by atoms with van der Waals surface area (Å²) < 4.78 is 39.3. The van der Waals surface area contributed by atoms with Crippen LogP contribution in [0.4, 0.5) is 0 Å². The van der Waals surface area contributed by atoms with E-state index >= 15 is 0 Å². The zero-order valence-electron chi connectivity index (χ0n) is 15.7. The van der Waals surface area contributed by atoms with E-state index in [-0.39, 0.29) is 10.4 Å². The van der Waals surface area contributed by atoms with Crippen LogP contribution in [-0.2, 0) is 10.0 Å². The average molecular weight is 371 g/mol. The number of likely N-dealkylation sites (N-methyl/N-ethyl adjacent to an activating group) is 1. The highest BCUT2D eigenvalue weighted by atomic mass is 32.2. The third-order valence-corrected chi connectivity index (χ3v) is 6.30. The molecule has 0 saturated heterocycles. The summed E-state index contributed by atoms with van der Waals surface area (Å²) in [4.78, 5) is 2.35. The van der Waals surface area contributed by atoms with Gasteiger partial charge in [-0.15, -0.1) is 0 Å². The Kier molecular flexibility index (Phi) is 6.71. The van der Waals surface area contributed by atoms with Gasteiger partial charge in [0.05, 0.1) is 18.1 Å². The Morgan fingerprint density at radius 1 is 1.08 bits per heavy atom. The van der Waals surface area contributed by atoms with Crippen LogP contribution in [-0.4, -0.2) is 52.7 Å². The fourth-order valence-corrected chi connectivity index (χ4v) is 4.46. The maximum Gasteiger partial charge on any atom is 0.240 e. The minimum Gasteiger partial charge on any atom is -0.490 e. The third-order valence-electron chi connectivity index (χ3n) is 4.90. The quantitative estimate of drug-likeness (QED) is 0.724. The first kappa shape index (κ1) is 20.0. The number of ether oxygens (including phenoxy) is 2. The molecule has 142 valence electrons. The standard InChI is InChI=1S/C18H30N2O4S/c1-5-23-16-10-9-15(13-17(16)24-6-2)25(21,22)19-14-18(20(3)4)11-7-8-12-18/h9-10,13,19H,5-8,11-12,14H2,1-4H3. The third kappa shape index (κ3) is 4.65. The maximum atomic E-state index is 12.8. The molecule has 7 heteroatoms. The number of benzene rings is 1. The molecule has 1 N–H and O–H groups in total. The van der Waals surface area contributed by atoms with Crippen molar-refractivity contribution >= 4 is 10.0 Å². The van der Waals surface area contributed by atoms with E-state index in [9.17, 15) is 8.42 Å². The Balaban J connectivity index is 2.19. The van der Waals surface area contributed by atoms with E-state index in [4.69, 9.17) is 9.47 Å². The summed E-state index contributed by atoms with van der Waals surface area (Å²) in [7, 11) is 0.431. The van der Waals surface area contributed by atoms with E-state index in [0.29, 0.717) is 31.3 Å². The molecular weight excluding hydrogens is 340 g/mol. The molecular formula is C18H30N2O4S. The summed E-state index contributed by atoms with van der Waals surface area (Å²) in [6.45, 7) is 5.09. The predicted molar refractivity (Wildman–Crippen MR) is 98.9 cm³/mol. The topological polar surface area (TPSA) is 67.9 Å². The Bertz CT molecular complexity index is 668. The molecule has 1 aliphatic rings. The molecule has 1 aliphatic carbocycles. The molecule has 1 fully saturated rings. The molecule has 6 nitrogen and oxygen atoms in total. The van der Waals surface area contributed by atoms with Gasteiger partial charge in [0.15, 0.2) is 11.5 Å². The van der Waals surface area contributed by atoms with Crippen molar-refractivity contribution in [3.05, 3.63) is 18.2 Å². The lowest BCUT2D eigenvalue weighted by Crippen LogP contribution is -2.50. The van der Waals surface area contributed by atoms with Crippen molar-refractivity contribution in [2.45, 2.75) is 50.0 Å². The van der Waals surface area contributed by atoms with Gasteiger partial charge in [-0.25, -0.2) is 13.1 Å². The van der Waals surface area contributed by atoms with Crippen molar-refractivity contribution in [3.63, 3.8) is 0 Å². The average Bonchev–Trinajstić information content (AvgIpc) is 3.05. The molecule has 0 amide bonds. The maximum absolute atomic E-state index is 12.8. The summed E-state index contributed by atoms with van der Waals surface area (Å²) in [5, 5.41) is 0. The number of hydrogen-bond acceptors (Lipinski definition) is 5. The van der Waals surface area contributed by atoms with Crippen molar-refractivity contribution in [3.8, 4) is 11.5 Å². The van der Waals surface area contributed by atoms with Crippen molar-refractivity contribution in [1.29, 1.82) is 0 Å². The Morgan fingerprint density at radius 3 is 2.24 bits per heavy atom. The number of nitrogens with zero attached hydrogens (tertiary/aromatic N) is 1. The van der Waals surface area contributed by atoms with Gasteiger partial charge in [-0.3, -0.25) is 0 Å². The summed E-state index contributed by atoms with van der Waals surface area (Å²) >= 11 is 0. The summed E-state index contributed by atoms with van der Waals surface area (Å²) in [6, 6.07) is 4.75. The number of nitrogens with one attached hydrogen (secondary N) is 1. The first-order valence-corrected chi connectivity index (χ1v) is 10.4. The molecule has 1 saturated carbocycles. The molecule has 0 atom stereocenters. The van der Waals surface area contributed by atoms with Gasteiger partial charge in [0.25, 0.3) is 0 Å². The summed E-state index contributed by atoms with van der Waals surface area (Å²) in [5.41, 5.74) is -0.0961. The number of hydrogen-bond donors (Lipinski definition) is 1. The van der Waals surface area contributed by atoms with E-state index in [1.54, 1.807) is 12.1 Å². The first-order valence-electron chi connectivity index (χ1n) is 8.91. The van der Waals surface area contributed by atoms with Crippen LogP contribution in [0.25, 0.3) is 0 Å². The van der Waals surface area contributed by atoms with Crippen molar-refractivity contribution < 1.29 is 17.9 Å². The van der Waals surface area contributed by atoms with Gasteiger partial charge in [0.1, 0.15) is 0 Å². The van der Waals surface area contributed by atoms with Gasteiger partial charge >= 0.3 is 0 Å². The smallest absolute Gasteiger partial charge is 0.240 e. The molecule has 1 aromatic carbocycles. The van der Waals surface area contributed by atoms with Gasteiger partial charge in [-0.2, -0.15) is 0 Å². The molecule has 1 aromatic rings. The second kappa shape index (κ2) is 8.38. The van der Waals surface area contributed by atoms with E-state index in [1.165, 1.54) is 6.07 Å². The first-order chi connectivity index (χ1) is 11.8. The van der Waals surface area contributed by atoms with Gasteiger partial charge < -0.3 is 14.4 Å². The van der Waals surface area contributed by atoms with Crippen LogP contribution in [0.15, 0.2) is 23.1 Å². The summed E-state index contributed by atoms with van der Waals surface area (Å²) in [6.07, 6.45) is 4.29. The largest absolute Gasteiger partial charge is 0.490 e. The Labute approximate surface area is 151 Å². The zero-order valence-corrected chi connectivity index (χ0v) is 16.5. The molecule has 0 aromatic heterocycles. The Hall–Kier alpha value is -1.31. The molecule has 0 heterocycles. The predicted octanol–water partition coefficient (Wildman–Crippen LogP) is 2.64. The van der Waals surface area contributed by atoms with Crippen molar-refractivity contribution in [2.75, 3.05) is 33.9 Å². The SMILES string of the molecule is CCOc1ccc(S(=O)(=O)NCC2(N(C)C)CCCC2)cc1OCC. The number of rotatable bonds is 9. The number of sulfonamides is 1. The van der Waals surface area contributed by atoms with E-state index < -0.39 is 10.0 Å². The van der Waals surface area contributed by atoms with Gasteiger partial charge in [0.2, 0.25) is 10.0 Å². The lowest BCUT2D eigenvalue weighted by molar-refractivity contribution is 0.162. The van der Waals surface area contributed by atoms with Crippen LogP contribution in [0.1, 0.15) is 39.5 Å². The lowest BCUT2D eigenvalue weighted by Gasteiger charge is -2.36. The van der Waals surface area contributed by atoms with Crippen LogP contribution in [0.3, 0.4) is 0 Å². The second-order valence-electron chi connectivity index (χ2n) is 6.62. The van der Waals surface area contributed by atoms with Gasteiger partial charge in [-0.1, -0.05) is 12.8 Å². The molecule has 0 radical (unpaired) electrons. The van der Waals surface area contributed by atoms with E-state index in [2.05, 4.69) is 9.62 Å². The normalized spacial score (nSPS) is 17.0. The molecule has 0 bridgehead atoms. The van der Waals surface area contributed by atoms with Gasteiger partial charge in [0, 0.05) is 18.2 Å². The van der Waals surface area contributed by atoms with Crippen LogP contribution in [0.2, 0.25) is 0 Å².